The second kappa shape index (κ2) is 5.46. The first kappa shape index (κ1) is 12.3. The summed E-state index contributed by atoms with van der Waals surface area (Å²) in [5.74, 6) is 1.23. The molecule has 0 radical (unpaired) electrons. The molecule has 1 saturated carbocycles. The maximum atomic E-state index is 9.78. The van der Waals surface area contributed by atoms with E-state index in [0.29, 0.717) is 19.0 Å². The number of nitrogens with one attached hydrogen (secondary N) is 1. The average molecular weight is 259 g/mol. The largest absolute Gasteiger partial charge is 0.392 e. The van der Waals surface area contributed by atoms with E-state index in [-0.39, 0.29) is 6.10 Å². The first-order valence-corrected chi connectivity index (χ1v) is 6.56. The summed E-state index contributed by atoms with van der Waals surface area (Å²) in [5.41, 5.74) is 0.937. The number of para-hydroxylation sites is 1. The molecule has 2 aromatic rings. The van der Waals surface area contributed by atoms with Gasteiger partial charge in [-0.15, -0.1) is 5.10 Å². The fourth-order valence-corrected chi connectivity index (χ4v) is 2.07. The summed E-state index contributed by atoms with van der Waals surface area (Å²) in [6.45, 7) is 1.14. The highest BCUT2D eigenvalue weighted by atomic mass is 16.3. The fourth-order valence-electron chi connectivity index (χ4n) is 2.07. The summed E-state index contributed by atoms with van der Waals surface area (Å²) in [4.78, 5) is 0. The maximum Gasteiger partial charge on any atom is 0.170 e. The lowest BCUT2D eigenvalue weighted by Gasteiger charge is -2.10. The molecule has 0 aliphatic heterocycles. The molecule has 1 atom stereocenters. The minimum atomic E-state index is -0.249. The highest BCUT2D eigenvalue weighted by molar-refractivity contribution is 5.30. The van der Waals surface area contributed by atoms with E-state index in [1.165, 1.54) is 0 Å². The summed E-state index contributed by atoms with van der Waals surface area (Å²) in [6.07, 6.45) is 2.04. The Morgan fingerprint density at radius 1 is 1.32 bits per heavy atom. The molecule has 1 heterocycles. The van der Waals surface area contributed by atoms with Gasteiger partial charge in [-0.1, -0.05) is 18.2 Å². The molecule has 6 heteroatoms. The van der Waals surface area contributed by atoms with Crippen LogP contribution in [-0.4, -0.2) is 38.0 Å². The van der Waals surface area contributed by atoms with E-state index >= 15 is 0 Å². The van der Waals surface area contributed by atoms with Gasteiger partial charge in [-0.3, -0.25) is 0 Å². The van der Waals surface area contributed by atoms with Crippen molar-refractivity contribution in [2.24, 2.45) is 5.92 Å². The molecule has 0 saturated heterocycles. The molecule has 19 heavy (non-hydrogen) atoms. The molecule has 2 N–H and O–H groups in total. The van der Waals surface area contributed by atoms with Gasteiger partial charge in [0, 0.05) is 6.54 Å². The Morgan fingerprint density at radius 3 is 2.84 bits per heavy atom. The Labute approximate surface area is 111 Å². The van der Waals surface area contributed by atoms with Gasteiger partial charge in [0.05, 0.1) is 18.3 Å². The molecule has 6 nitrogen and oxygen atoms in total. The SMILES string of the molecule is OC(CNCc1nnnn1-c1ccccc1)C1CC1. The van der Waals surface area contributed by atoms with E-state index < -0.39 is 0 Å². The van der Waals surface area contributed by atoms with Crippen molar-refractivity contribution in [3.8, 4) is 5.69 Å². The van der Waals surface area contributed by atoms with Crippen molar-refractivity contribution in [1.82, 2.24) is 25.5 Å². The zero-order chi connectivity index (χ0) is 13.1. The topological polar surface area (TPSA) is 75.9 Å². The van der Waals surface area contributed by atoms with Crippen LogP contribution in [0.4, 0.5) is 0 Å². The van der Waals surface area contributed by atoms with E-state index in [1.54, 1.807) is 4.68 Å². The first-order valence-electron chi connectivity index (χ1n) is 6.56. The van der Waals surface area contributed by atoms with E-state index in [2.05, 4.69) is 20.8 Å². The first-order chi connectivity index (χ1) is 9.34. The van der Waals surface area contributed by atoms with Crippen molar-refractivity contribution in [3.05, 3.63) is 36.2 Å². The fraction of sp³-hybridized carbons (Fsp3) is 0.462. The zero-order valence-corrected chi connectivity index (χ0v) is 10.6. The van der Waals surface area contributed by atoms with Crippen LogP contribution < -0.4 is 5.32 Å². The average Bonchev–Trinajstić information content (AvgIpc) is 3.20. The lowest BCUT2D eigenvalue weighted by Crippen LogP contribution is -2.28. The van der Waals surface area contributed by atoms with Crippen LogP contribution in [0, 0.1) is 5.92 Å². The molecular formula is C13H17N5O. The Kier molecular flexibility index (Phi) is 3.52. The van der Waals surface area contributed by atoms with Gasteiger partial charge in [-0.25, -0.2) is 0 Å². The summed E-state index contributed by atoms with van der Waals surface area (Å²) >= 11 is 0. The number of rotatable bonds is 6. The zero-order valence-electron chi connectivity index (χ0n) is 10.6. The highest BCUT2D eigenvalue weighted by Gasteiger charge is 2.29. The van der Waals surface area contributed by atoms with Crippen LogP contribution in [-0.2, 0) is 6.54 Å². The maximum absolute atomic E-state index is 9.78. The van der Waals surface area contributed by atoms with Crippen LogP contribution >= 0.6 is 0 Å². The van der Waals surface area contributed by atoms with E-state index in [4.69, 9.17) is 0 Å². The predicted octanol–water partition coefficient (Wildman–Crippen LogP) is 0.523. The van der Waals surface area contributed by atoms with E-state index in [1.807, 2.05) is 30.3 Å². The van der Waals surface area contributed by atoms with Crippen LogP contribution in [0.25, 0.3) is 5.69 Å². The third-order valence-corrected chi connectivity index (χ3v) is 3.34. The quantitative estimate of drug-likeness (QED) is 0.791. The number of aliphatic hydroxyl groups excluding tert-OH is 1. The Morgan fingerprint density at radius 2 is 2.11 bits per heavy atom. The number of aliphatic hydroxyl groups is 1. The number of aromatic nitrogens is 4. The van der Waals surface area contributed by atoms with Crippen molar-refractivity contribution < 1.29 is 5.11 Å². The van der Waals surface area contributed by atoms with Gasteiger partial charge in [-0.05, 0) is 41.3 Å². The van der Waals surface area contributed by atoms with Crippen LogP contribution in [0.3, 0.4) is 0 Å². The Bertz CT molecular complexity index is 523. The van der Waals surface area contributed by atoms with E-state index in [9.17, 15) is 5.11 Å². The van der Waals surface area contributed by atoms with Gasteiger partial charge < -0.3 is 10.4 Å². The molecule has 0 bridgehead atoms. The van der Waals surface area contributed by atoms with Crippen molar-refractivity contribution >= 4 is 0 Å². The van der Waals surface area contributed by atoms with Crippen molar-refractivity contribution in [2.45, 2.75) is 25.5 Å². The molecule has 1 fully saturated rings. The predicted molar refractivity (Wildman–Crippen MR) is 69.6 cm³/mol. The third-order valence-electron chi connectivity index (χ3n) is 3.34. The summed E-state index contributed by atoms with van der Waals surface area (Å²) in [6, 6.07) is 9.77. The van der Waals surface area contributed by atoms with E-state index in [0.717, 1.165) is 24.4 Å². The second-order valence-electron chi connectivity index (χ2n) is 4.88. The molecule has 0 amide bonds. The van der Waals surface area contributed by atoms with Gasteiger partial charge in [0.2, 0.25) is 0 Å². The minimum absolute atomic E-state index is 0.249. The number of hydrogen-bond acceptors (Lipinski definition) is 5. The summed E-state index contributed by atoms with van der Waals surface area (Å²) in [5, 5.41) is 24.7. The Balaban J connectivity index is 1.60. The van der Waals surface area contributed by atoms with Gasteiger partial charge in [0.15, 0.2) is 5.82 Å². The van der Waals surface area contributed by atoms with Gasteiger partial charge >= 0.3 is 0 Å². The molecule has 3 rings (SSSR count). The molecule has 1 aromatic heterocycles. The number of benzene rings is 1. The van der Waals surface area contributed by atoms with Crippen molar-refractivity contribution in [2.75, 3.05) is 6.54 Å². The number of nitrogens with zero attached hydrogens (tertiary/aromatic N) is 4. The minimum Gasteiger partial charge on any atom is -0.392 e. The van der Waals surface area contributed by atoms with Crippen molar-refractivity contribution in [3.63, 3.8) is 0 Å². The summed E-state index contributed by atoms with van der Waals surface area (Å²) < 4.78 is 1.70. The van der Waals surface area contributed by atoms with Crippen LogP contribution in [0.1, 0.15) is 18.7 Å². The smallest absolute Gasteiger partial charge is 0.170 e. The lowest BCUT2D eigenvalue weighted by molar-refractivity contribution is 0.148. The normalized spacial score (nSPS) is 16.5. The summed E-state index contributed by atoms with van der Waals surface area (Å²) in [7, 11) is 0. The van der Waals surface area contributed by atoms with Crippen molar-refractivity contribution in [1.29, 1.82) is 0 Å². The lowest BCUT2D eigenvalue weighted by atomic mass is 10.2. The molecule has 100 valence electrons. The third kappa shape index (κ3) is 2.97. The van der Waals surface area contributed by atoms with Crippen LogP contribution in [0.15, 0.2) is 30.3 Å². The van der Waals surface area contributed by atoms with Gasteiger partial charge in [0.1, 0.15) is 0 Å². The molecular weight excluding hydrogens is 242 g/mol. The van der Waals surface area contributed by atoms with Gasteiger partial charge in [0.25, 0.3) is 0 Å². The van der Waals surface area contributed by atoms with Crippen LogP contribution in [0.5, 0.6) is 0 Å². The molecule has 0 spiro atoms. The highest BCUT2D eigenvalue weighted by Crippen LogP contribution is 2.32. The number of hydrogen-bond donors (Lipinski definition) is 2. The monoisotopic (exact) mass is 259 g/mol. The second-order valence-corrected chi connectivity index (χ2v) is 4.88. The molecule has 1 unspecified atom stereocenters. The molecule has 1 aliphatic carbocycles. The number of tetrazole rings is 1. The Hall–Kier alpha value is -1.79. The molecule has 1 aromatic carbocycles. The van der Waals surface area contributed by atoms with Crippen LogP contribution in [0.2, 0.25) is 0 Å². The standard InChI is InChI=1S/C13H17N5O/c19-12(10-6-7-10)8-14-9-13-15-16-17-18(13)11-4-2-1-3-5-11/h1-5,10,12,14,19H,6-9H2. The van der Waals surface area contributed by atoms with Gasteiger partial charge in [-0.2, -0.15) is 4.68 Å². The molecule has 1 aliphatic rings.